The number of cyclic esters (lactones) is 1. The van der Waals surface area contributed by atoms with Gasteiger partial charge in [-0.15, -0.1) is 30.8 Å². The molecule has 2 amide bonds. The second kappa shape index (κ2) is 14.7. The van der Waals surface area contributed by atoms with Gasteiger partial charge in [0, 0.05) is 38.0 Å². The number of nitrogens with zero attached hydrogens (tertiary/aromatic N) is 6. The molecular formula is C25H32FN7O4. The van der Waals surface area contributed by atoms with Gasteiger partial charge in [0.1, 0.15) is 6.61 Å². The molecule has 1 aliphatic heterocycles. The lowest BCUT2D eigenvalue weighted by Crippen LogP contribution is -2.27. The van der Waals surface area contributed by atoms with Crippen LogP contribution in [0.25, 0.3) is 16.6 Å². The van der Waals surface area contributed by atoms with E-state index in [1.807, 2.05) is 6.92 Å². The van der Waals surface area contributed by atoms with Crippen molar-refractivity contribution in [2.75, 3.05) is 40.1 Å². The van der Waals surface area contributed by atoms with E-state index < -0.39 is 5.82 Å². The summed E-state index contributed by atoms with van der Waals surface area (Å²) >= 11 is 0. The van der Waals surface area contributed by atoms with Crippen molar-refractivity contribution in [1.82, 2.24) is 29.4 Å². The van der Waals surface area contributed by atoms with Gasteiger partial charge in [-0.2, -0.15) is 4.52 Å². The number of ether oxygens (including phenoxy) is 2. The number of aryl methyl sites for hydroxylation is 1. The van der Waals surface area contributed by atoms with Crippen molar-refractivity contribution in [3.05, 3.63) is 23.8 Å². The van der Waals surface area contributed by atoms with Gasteiger partial charge in [0.05, 0.1) is 19.2 Å². The largest absolute Gasteiger partial charge is 0.494 e. The van der Waals surface area contributed by atoms with Crippen LogP contribution in [0, 0.1) is 31.5 Å². The number of amides is 2. The summed E-state index contributed by atoms with van der Waals surface area (Å²) in [6, 6.07) is 2.96. The molecule has 12 heteroatoms. The van der Waals surface area contributed by atoms with Gasteiger partial charge >= 0.3 is 6.09 Å². The van der Waals surface area contributed by atoms with Crippen LogP contribution in [0.15, 0.2) is 12.1 Å². The first-order chi connectivity index (χ1) is 17.7. The Morgan fingerprint density at radius 3 is 2.49 bits per heavy atom. The molecule has 37 heavy (non-hydrogen) atoms. The zero-order chi connectivity index (χ0) is 28.1. The number of terminal acetylenes is 2. The molecule has 0 radical (unpaired) electrons. The zero-order valence-corrected chi connectivity index (χ0v) is 21.4. The predicted molar refractivity (Wildman–Crippen MR) is 139 cm³/mol. The summed E-state index contributed by atoms with van der Waals surface area (Å²) in [5.41, 5.74) is 6.92. The number of nitrogens with two attached hydrogens (primary N) is 1. The number of hydrogen-bond acceptors (Lipinski definition) is 8. The Bertz CT molecular complexity index is 1240. The Morgan fingerprint density at radius 2 is 1.97 bits per heavy atom. The molecule has 11 nitrogen and oxygen atoms in total. The third kappa shape index (κ3) is 7.70. The molecule has 2 N–H and O–H groups in total. The summed E-state index contributed by atoms with van der Waals surface area (Å²) in [6.45, 7) is 3.27. The van der Waals surface area contributed by atoms with Crippen LogP contribution >= 0.6 is 0 Å². The first kappa shape index (κ1) is 30.5. The lowest BCUT2D eigenvalue weighted by molar-refractivity contribution is -0.118. The molecular weight excluding hydrogens is 481 g/mol. The number of aromatic nitrogens is 4. The fourth-order valence-electron chi connectivity index (χ4n) is 3.27. The Labute approximate surface area is 215 Å². The first-order valence-electron chi connectivity index (χ1n) is 11.1. The van der Waals surface area contributed by atoms with Crippen LogP contribution in [-0.2, 0) is 16.0 Å². The van der Waals surface area contributed by atoms with Crippen molar-refractivity contribution in [3.8, 4) is 31.4 Å². The van der Waals surface area contributed by atoms with Crippen LogP contribution in [0.5, 0.6) is 5.75 Å². The molecule has 0 bridgehead atoms. The summed E-state index contributed by atoms with van der Waals surface area (Å²) < 4.78 is 25.0. The maximum absolute atomic E-state index is 14.1. The molecule has 3 aromatic rings. The molecule has 0 saturated carbocycles. The molecule has 198 valence electrons. The van der Waals surface area contributed by atoms with Gasteiger partial charge in [0.25, 0.3) is 0 Å². The van der Waals surface area contributed by atoms with Gasteiger partial charge in [-0.25, -0.2) is 19.2 Å². The Hall–Kier alpha value is -4.58. The third-order valence-corrected chi connectivity index (χ3v) is 5.46. The monoisotopic (exact) mass is 513 g/mol. The third-order valence-electron chi connectivity index (χ3n) is 5.46. The van der Waals surface area contributed by atoms with Gasteiger partial charge in [0.2, 0.25) is 12.4 Å². The molecule has 1 aliphatic rings. The maximum atomic E-state index is 14.1. The highest BCUT2D eigenvalue weighted by atomic mass is 19.1. The SMILES string of the molecule is C#C.C#C.CN1CCOC1=O.COc1cc2nc(N)n3nc(CCC[C@H](C)N(C)C=O)nc3c2cc1F. The minimum absolute atomic E-state index is 0.0989. The number of benzene rings is 1. The smallest absolute Gasteiger partial charge is 0.409 e. The van der Waals surface area contributed by atoms with E-state index in [0.717, 1.165) is 25.8 Å². The van der Waals surface area contributed by atoms with Gasteiger partial charge in [-0.1, -0.05) is 0 Å². The van der Waals surface area contributed by atoms with Crippen molar-refractivity contribution in [3.63, 3.8) is 0 Å². The summed E-state index contributed by atoms with van der Waals surface area (Å²) in [5.74, 6) is 0.377. The summed E-state index contributed by atoms with van der Waals surface area (Å²) in [4.78, 5) is 33.0. The molecule has 3 heterocycles. The molecule has 0 spiro atoms. The maximum Gasteiger partial charge on any atom is 0.409 e. The van der Waals surface area contributed by atoms with E-state index in [1.165, 1.54) is 23.8 Å². The molecule has 0 aliphatic carbocycles. The minimum Gasteiger partial charge on any atom is -0.494 e. The highest BCUT2D eigenvalue weighted by Gasteiger charge is 2.16. The first-order valence-corrected chi connectivity index (χ1v) is 11.1. The predicted octanol–water partition coefficient (Wildman–Crippen LogP) is 2.37. The molecule has 4 rings (SSSR count). The van der Waals surface area contributed by atoms with Crippen LogP contribution in [0.1, 0.15) is 25.6 Å². The number of rotatable bonds is 7. The number of halogens is 1. The average molecular weight is 514 g/mol. The number of anilines is 1. The molecule has 0 unspecified atom stereocenters. The molecule has 1 aromatic carbocycles. The second-order valence-electron chi connectivity index (χ2n) is 7.79. The number of methoxy groups -OCH3 is 1. The number of nitrogen functional groups attached to an aromatic ring is 1. The van der Waals surface area contributed by atoms with Crippen molar-refractivity contribution in [2.24, 2.45) is 0 Å². The van der Waals surface area contributed by atoms with Crippen LogP contribution in [-0.4, -0.2) is 82.3 Å². The molecule has 1 fully saturated rings. The van der Waals surface area contributed by atoms with E-state index in [-0.39, 0.29) is 23.8 Å². The van der Waals surface area contributed by atoms with E-state index in [1.54, 1.807) is 23.9 Å². The number of fused-ring (bicyclic) bond motifs is 3. The van der Waals surface area contributed by atoms with E-state index in [2.05, 4.69) is 45.5 Å². The van der Waals surface area contributed by atoms with E-state index in [0.29, 0.717) is 35.4 Å². The fraction of sp³-hybridized carbons (Fsp3) is 0.400. The van der Waals surface area contributed by atoms with Crippen molar-refractivity contribution in [1.29, 1.82) is 0 Å². The van der Waals surface area contributed by atoms with Gasteiger partial charge < -0.3 is 25.0 Å². The highest BCUT2D eigenvalue weighted by molar-refractivity contribution is 5.93. The van der Waals surface area contributed by atoms with Gasteiger partial charge in [0.15, 0.2) is 23.0 Å². The standard InChI is InChI=1S/C17H21FN6O2.C4H7NO2.2C2H2/c1-10(23(2)9-25)5-4-6-15-21-16-11-7-12(18)14(26-3)8-13(11)20-17(19)24(16)22-15;1-5-2-3-7-4(5)6;2*1-2/h7-10H,4-6H2,1-3H3,(H2,19,20);2-3H2,1H3;2*1-2H/t10-;;;/m0.../s1. The number of likely N-dealkylation sites (N-methyl/N-ethyl adjacent to an activating group) is 1. The number of hydrogen-bond donors (Lipinski definition) is 1. The number of carbonyl (C=O) groups is 2. The summed E-state index contributed by atoms with van der Waals surface area (Å²) in [5, 5.41) is 4.90. The normalized spacial score (nSPS) is 12.7. The van der Waals surface area contributed by atoms with Crippen LogP contribution < -0.4 is 10.5 Å². The van der Waals surface area contributed by atoms with E-state index in [4.69, 9.17) is 10.5 Å². The lowest BCUT2D eigenvalue weighted by Gasteiger charge is -2.19. The van der Waals surface area contributed by atoms with E-state index >= 15 is 0 Å². The highest BCUT2D eigenvalue weighted by Crippen LogP contribution is 2.27. The minimum atomic E-state index is -0.497. The molecule has 1 atom stereocenters. The Morgan fingerprint density at radius 1 is 1.30 bits per heavy atom. The van der Waals surface area contributed by atoms with Crippen molar-refractivity contribution < 1.29 is 23.5 Å². The van der Waals surface area contributed by atoms with Crippen LogP contribution in [0.2, 0.25) is 0 Å². The van der Waals surface area contributed by atoms with Crippen molar-refractivity contribution in [2.45, 2.75) is 32.2 Å². The lowest BCUT2D eigenvalue weighted by atomic mass is 10.1. The van der Waals surface area contributed by atoms with Gasteiger partial charge in [-0.3, -0.25) is 4.79 Å². The summed E-state index contributed by atoms with van der Waals surface area (Å²) in [7, 11) is 4.86. The zero-order valence-electron chi connectivity index (χ0n) is 21.4. The number of carbonyl (C=O) groups excluding carboxylic acids is 2. The topological polar surface area (TPSA) is 128 Å². The van der Waals surface area contributed by atoms with Crippen LogP contribution in [0.3, 0.4) is 0 Å². The summed E-state index contributed by atoms with van der Waals surface area (Å²) in [6.07, 6.45) is 18.9. The van der Waals surface area contributed by atoms with Crippen molar-refractivity contribution >= 4 is 35.0 Å². The second-order valence-corrected chi connectivity index (χ2v) is 7.79. The quantitative estimate of drug-likeness (QED) is 0.377. The van der Waals surface area contributed by atoms with E-state index in [9.17, 15) is 14.0 Å². The Balaban J connectivity index is 0.000000525. The van der Waals surface area contributed by atoms with Crippen LogP contribution in [0.4, 0.5) is 15.1 Å². The fourth-order valence-corrected chi connectivity index (χ4v) is 3.27. The average Bonchev–Trinajstić information content (AvgIpc) is 3.52. The Kier molecular flexibility index (Phi) is 12.1. The molecule has 1 saturated heterocycles. The van der Waals surface area contributed by atoms with Gasteiger partial charge in [-0.05, 0) is 25.8 Å². The molecule has 2 aromatic heterocycles.